The van der Waals surface area contributed by atoms with Crippen molar-refractivity contribution in [3.05, 3.63) is 35.6 Å². The molecule has 2 bridgehead atoms. The van der Waals surface area contributed by atoms with E-state index in [-0.39, 0.29) is 35.9 Å². The lowest BCUT2D eigenvalue weighted by Crippen LogP contribution is -2.36. The SMILES string of the molecule is C[C@@H](CC(=O)c1ccc(F)cc1)NC(=O)C1[C@@H]2[C@H]3CC[C@@H](C3)[C@H]12. The van der Waals surface area contributed by atoms with Gasteiger partial charge in [0.2, 0.25) is 5.91 Å². The van der Waals surface area contributed by atoms with Gasteiger partial charge < -0.3 is 5.32 Å². The van der Waals surface area contributed by atoms with Crippen molar-refractivity contribution < 1.29 is 14.0 Å². The van der Waals surface area contributed by atoms with E-state index in [1.54, 1.807) is 0 Å². The molecule has 3 aliphatic rings. The maximum absolute atomic E-state index is 12.9. The summed E-state index contributed by atoms with van der Waals surface area (Å²) in [5, 5.41) is 3.02. The summed E-state index contributed by atoms with van der Waals surface area (Å²) in [6, 6.07) is 5.39. The Morgan fingerprint density at radius 1 is 1.17 bits per heavy atom. The number of carbonyl (C=O) groups excluding carboxylic acids is 2. The second-order valence-electron chi connectivity index (χ2n) is 7.56. The molecule has 0 heterocycles. The Hall–Kier alpha value is -1.71. The number of amides is 1. The first-order valence-corrected chi connectivity index (χ1v) is 8.63. The molecule has 3 nitrogen and oxygen atoms in total. The number of halogens is 1. The number of rotatable bonds is 5. The largest absolute Gasteiger partial charge is 0.353 e. The van der Waals surface area contributed by atoms with Gasteiger partial charge in [-0.2, -0.15) is 0 Å². The molecular formula is C19H22FNO2. The number of carbonyl (C=O) groups is 2. The van der Waals surface area contributed by atoms with E-state index in [1.807, 2.05) is 6.92 Å². The summed E-state index contributed by atoms with van der Waals surface area (Å²) < 4.78 is 12.9. The third-order valence-electron chi connectivity index (χ3n) is 6.08. The van der Waals surface area contributed by atoms with Gasteiger partial charge in [0.05, 0.1) is 0 Å². The van der Waals surface area contributed by atoms with Gasteiger partial charge in [-0.25, -0.2) is 4.39 Å². The topological polar surface area (TPSA) is 46.2 Å². The summed E-state index contributed by atoms with van der Waals surface area (Å²) in [6.45, 7) is 1.87. The lowest BCUT2D eigenvalue weighted by atomic mass is 10.0. The Bertz CT molecular complexity index is 625. The number of nitrogens with one attached hydrogen (secondary N) is 1. The van der Waals surface area contributed by atoms with Crippen molar-refractivity contribution in [1.29, 1.82) is 0 Å². The maximum atomic E-state index is 12.9. The Labute approximate surface area is 135 Å². The van der Waals surface area contributed by atoms with E-state index < -0.39 is 0 Å². The first-order chi connectivity index (χ1) is 11.0. The number of ketones is 1. The van der Waals surface area contributed by atoms with Crippen molar-refractivity contribution in [1.82, 2.24) is 5.32 Å². The number of hydrogen-bond acceptors (Lipinski definition) is 2. The summed E-state index contributed by atoms with van der Waals surface area (Å²) in [4.78, 5) is 24.6. The minimum Gasteiger partial charge on any atom is -0.353 e. The van der Waals surface area contributed by atoms with Crippen LogP contribution in [0.25, 0.3) is 0 Å². The van der Waals surface area contributed by atoms with Gasteiger partial charge in [-0.3, -0.25) is 9.59 Å². The molecule has 1 aromatic rings. The van der Waals surface area contributed by atoms with Crippen LogP contribution in [0, 0.1) is 35.4 Å². The van der Waals surface area contributed by atoms with E-state index in [4.69, 9.17) is 0 Å². The van der Waals surface area contributed by atoms with Gasteiger partial charge in [0.1, 0.15) is 5.82 Å². The fourth-order valence-corrected chi connectivity index (χ4v) is 5.10. The highest BCUT2D eigenvalue weighted by molar-refractivity contribution is 5.96. The van der Waals surface area contributed by atoms with Crippen molar-refractivity contribution in [2.75, 3.05) is 0 Å². The van der Waals surface area contributed by atoms with E-state index in [0.717, 1.165) is 11.8 Å². The second kappa shape index (κ2) is 5.43. The summed E-state index contributed by atoms with van der Waals surface area (Å²) in [5.41, 5.74) is 0.494. The van der Waals surface area contributed by atoms with Crippen LogP contribution >= 0.6 is 0 Å². The normalized spacial score (nSPS) is 34.8. The quantitative estimate of drug-likeness (QED) is 0.848. The van der Waals surface area contributed by atoms with Crippen LogP contribution in [-0.2, 0) is 4.79 Å². The van der Waals surface area contributed by atoms with Crippen LogP contribution in [0.15, 0.2) is 24.3 Å². The molecule has 0 aliphatic heterocycles. The summed E-state index contributed by atoms with van der Waals surface area (Å²) in [6.07, 6.45) is 4.19. The van der Waals surface area contributed by atoms with E-state index in [9.17, 15) is 14.0 Å². The first-order valence-electron chi connectivity index (χ1n) is 8.63. The van der Waals surface area contributed by atoms with Crippen molar-refractivity contribution >= 4 is 11.7 Å². The van der Waals surface area contributed by atoms with Gasteiger partial charge in [0.25, 0.3) is 0 Å². The minimum absolute atomic E-state index is 0.0612. The van der Waals surface area contributed by atoms with Crippen LogP contribution in [0.1, 0.15) is 43.0 Å². The Morgan fingerprint density at radius 3 is 2.39 bits per heavy atom. The highest BCUT2D eigenvalue weighted by Crippen LogP contribution is 2.69. The van der Waals surface area contributed by atoms with Gasteiger partial charge in [-0.15, -0.1) is 0 Å². The molecule has 23 heavy (non-hydrogen) atoms. The maximum Gasteiger partial charge on any atom is 0.223 e. The Kier molecular flexibility index (Phi) is 3.51. The third-order valence-corrected chi connectivity index (χ3v) is 6.08. The van der Waals surface area contributed by atoms with Crippen LogP contribution in [0.4, 0.5) is 4.39 Å². The van der Waals surface area contributed by atoms with Crippen LogP contribution in [0.3, 0.4) is 0 Å². The predicted molar refractivity (Wildman–Crippen MR) is 84.3 cm³/mol. The zero-order valence-electron chi connectivity index (χ0n) is 13.3. The number of hydrogen-bond donors (Lipinski definition) is 1. The third kappa shape index (κ3) is 2.58. The second-order valence-corrected chi connectivity index (χ2v) is 7.56. The van der Waals surface area contributed by atoms with Crippen molar-refractivity contribution in [2.24, 2.45) is 29.6 Å². The zero-order chi connectivity index (χ0) is 16.1. The number of benzene rings is 1. The fraction of sp³-hybridized carbons (Fsp3) is 0.579. The number of Topliss-reactive ketones (excluding diaryl/α,β-unsaturated/α-hetero) is 1. The molecule has 4 heteroatoms. The lowest BCUT2D eigenvalue weighted by Gasteiger charge is -2.15. The molecule has 122 valence electrons. The van der Waals surface area contributed by atoms with Gasteiger partial charge in [-0.05, 0) is 74.1 Å². The predicted octanol–water partition coefficient (Wildman–Crippen LogP) is 3.20. The van der Waals surface area contributed by atoms with E-state index in [0.29, 0.717) is 17.4 Å². The van der Waals surface area contributed by atoms with Crippen molar-refractivity contribution in [2.45, 2.75) is 38.6 Å². The molecule has 1 unspecified atom stereocenters. The molecule has 0 spiro atoms. The molecule has 0 saturated heterocycles. The molecule has 4 rings (SSSR count). The molecule has 6 atom stereocenters. The van der Waals surface area contributed by atoms with E-state index >= 15 is 0 Å². The highest BCUT2D eigenvalue weighted by atomic mass is 19.1. The molecule has 1 N–H and O–H groups in total. The van der Waals surface area contributed by atoms with Gasteiger partial charge in [0.15, 0.2) is 5.78 Å². The molecule has 3 aliphatic carbocycles. The first kappa shape index (κ1) is 14.9. The van der Waals surface area contributed by atoms with Crippen LogP contribution < -0.4 is 5.32 Å². The van der Waals surface area contributed by atoms with E-state index in [1.165, 1.54) is 43.5 Å². The van der Waals surface area contributed by atoms with Gasteiger partial charge >= 0.3 is 0 Å². The van der Waals surface area contributed by atoms with Crippen molar-refractivity contribution in [3.63, 3.8) is 0 Å². The molecule has 0 aromatic heterocycles. The van der Waals surface area contributed by atoms with Crippen LogP contribution in [0.2, 0.25) is 0 Å². The molecule has 3 fully saturated rings. The average molecular weight is 315 g/mol. The highest BCUT2D eigenvalue weighted by Gasteiger charge is 2.67. The smallest absolute Gasteiger partial charge is 0.223 e. The Balaban J connectivity index is 1.30. The molecule has 3 saturated carbocycles. The molecular weight excluding hydrogens is 293 g/mol. The summed E-state index contributed by atoms with van der Waals surface area (Å²) >= 11 is 0. The van der Waals surface area contributed by atoms with Gasteiger partial charge in [0, 0.05) is 23.9 Å². The summed E-state index contributed by atoms with van der Waals surface area (Å²) in [7, 11) is 0. The van der Waals surface area contributed by atoms with Crippen LogP contribution in [0.5, 0.6) is 0 Å². The average Bonchev–Trinajstić information content (AvgIpc) is 2.96. The molecule has 1 amide bonds. The standard InChI is InChI=1S/C19H22FNO2/c1-10(8-15(22)11-4-6-14(20)7-5-11)21-19(23)18-16-12-2-3-13(9-12)17(16)18/h4-7,10,12-13,16-18H,2-3,8-9H2,1H3,(H,21,23)/t10-,12-,13-,16-,17+,18?/m0/s1. The van der Waals surface area contributed by atoms with Gasteiger partial charge in [-0.1, -0.05) is 0 Å². The zero-order valence-corrected chi connectivity index (χ0v) is 13.3. The molecule has 1 aromatic carbocycles. The van der Waals surface area contributed by atoms with Crippen LogP contribution in [-0.4, -0.2) is 17.7 Å². The fourth-order valence-electron chi connectivity index (χ4n) is 5.10. The van der Waals surface area contributed by atoms with Crippen molar-refractivity contribution in [3.8, 4) is 0 Å². The summed E-state index contributed by atoms with van der Waals surface area (Å²) in [5.74, 6) is 2.71. The lowest BCUT2D eigenvalue weighted by molar-refractivity contribution is -0.123. The monoisotopic (exact) mass is 315 g/mol. The minimum atomic E-state index is -0.349. The van der Waals surface area contributed by atoms with E-state index in [2.05, 4.69) is 5.32 Å². The number of fused-ring (bicyclic) bond motifs is 5. The molecule has 0 radical (unpaired) electrons. The Morgan fingerprint density at radius 2 is 1.78 bits per heavy atom.